The number of benzene rings is 3. The van der Waals surface area contributed by atoms with Crippen LogP contribution in [0.4, 0.5) is 5.69 Å². The van der Waals surface area contributed by atoms with Crippen molar-refractivity contribution in [1.82, 2.24) is 5.43 Å². The van der Waals surface area contributed by atoms with Gasteiger partial charge in [-0.2, -0.15) is 5.10 Å². The number of hydrogen-bond acceptors (Lipinski definition) is 5. The van der Waals surface area contributed by atoms with E-state index in [2.05, 4.69) is 15.8 Å². The van der Waals surface area contributed by atoms with Crippen molar-refractivity contribution < 1.29 is 19.1 Å². The van der Waals surface area contributed by atoms with Crippen LogP contribution in [0.3, 0.4) is 0 Å². The fourth-order valence-electron chi connectivity index (χ4n) is 3.05. The second-order valence-corrected chi connectivity index (χ2v) is 7.88. The van der Waals surface area contributed by atoms with E-state index in [1.807, 2.05) is 19.1 Å². The molecule has 0 spiro atoms. The van der Waals surface area contributed by atoms with Gasteiger partial charge in [-0.3, -0.25) is 9.59 Å². The Morgan fingerprint density at radius 2 is 1.71 bits per heavy atom. The Morgan fingerprint density at radius 1 is 0.971 bits per heavy atom. The van der Waals surface area contributed by atoms with E-state index in [-0.39, 0.29) is 6.61 Å². The number of ether oxygens (including phenoxy) is 2. The Balaban J connectivity index is 1.60. The lowest BCUT2D eigenvalue weighted by atomic mass is 10.1. The lowest BCUT2D eigenvalue weighted by Crippen LogP contribution is -2.32. The van der Waals surface area contributed by atoms with Gasteiger partial charge < -0.3 is 14.8 Å². The summed E-state index contributed by atoms with van der Waals surface area (Å²) in [5.41, 5.74) is 5.03. The number of aryl methyl sites for hydroxylation is 1. The van der Waals surface area contributed by atoms with Crippen molar-refractivity contribution >= 4 is 46.9 Å². The Bertz CT molecular complexity index is 1190. The number of nitrogens with one attached hydrogen (secondary N) is 2. The van der Waals surface area contributed by atoms with Gasteiger partial charge in [0.15, 0.2) is 11.5 Å². The van der Waals surface area contributed by atoms with Gasteiger partial charge in [0, 0.05) is 21.3 Å². The molecular weight excluding hydrogens is 477 g/mol. The minimum atomic E-state index is -0.884. The summed E-state index contributed by atoms with van der Waals surface area (Å²) >= 11 is 12.4. The fourth-order valence-corrected chi connectivity index (χ4v) is 3.56. The quantitative estimate of drug-likeness (QED) is 0.252. The number of amides is 2. The SMILES string of the molecule is CCc1ccccc1NC(=O)C(=O)N/N=C\c1ccc(OCc2c(Cl)cccc2Cl)c(OC)c1. The summed E-state index contributed by atoms with van der Waals surface area (Å²) in [6, 6.07) is 17.6. The number of halogens is 2. The first-order valence-electron chi connectivity index (χ1n) is 10.4. The molecule has 0 saturated carbocycles. The maximum Gasteiger partial charge on any atom is 0.329 e. The average molecular weight is 500 g/mol. The minimum absolute atomic E-state index is 0.161. The van der Waals surface area contributed by atoms with E-state index < -0.39 is 11.8 Å². The Kier molecular flexibility index (Phi) is 8.90. The third-order valence-corrected chi connectivity index (χ3v) is 5.56. The fraction of sp³-hybridized carbons (Fsp3) is 0.160. The zero-order valence-electron chi connectivity index (χ0n) is 18.6. The van der Waals surface area contributed by atoms with Gasteiger partial charge in [0.2, 0.25) is 0 Å². The molecule has 0 radical (unpaired) electrons. The summed E-state index contributed by atoms with van der Waals surface area (Å²) in [5.74, 6) is -0.760. The van der Waals surface area contributed by atoms with E-state index >= 15 is 0 Å². The standard InChI is InChI=1S/C25H23Cl2N3O4/c1-3-17-7-4-5-10-21(17)29-24(31)25(32)30-28-14-16-11-12-22(23(13-16)33-2)34-15-18-19(26)8-6-9-20(18)27/h4-14H,3,15H2,1-2H3,(H,29,31)(H,30,32)/b28-14-. The van der Waals surface area contributed by atoms with Crippen molar-refractivity contribution in [2.75, 3.05) is 12.4 Å². The van der Waals surface area contributed by atoms with Crippen molar-refractivity contribution in [3.63, 3.8) is 0 Å². The molecule has 176 valence electrons. The number of anilines is 1. The highest BCUT2D eigenvalue weighted by atomic mass is 35.5. The Hall–Kier alpha value is -3.55. The predicted molar refractivity (Wildman–Crippen MR) is 134 cm³/mol. The molecule has 3 aromatic rings. The minimum Gasteiger partial charge on any atom is -0.493 e. The molecular formula is C25H23Cl2N3O4. The molecule has 0 aliphatic heterocycles. The first-order valence-corrected chi connectivity index (χ1v) is 11.1. The van der Waals surface area contributed by atoms with Crippen LogP contribution in [0, 0.1) is 0 Å². The second kappa shape index (κ2) is 12.1. The lowest BCUT2D eigenvalue weighted by Gasteiger charge is -2.13. The number of rotatable bonds is 8. The van der Waals surface area contributed by atoms with Gasteiger partial charge in [0.25, 0.3) is 0 Å². The summed E-state index contributed by atoms with van der Waals surface area (Å²) in [6.45, 7) is 2.13. The third-order valence-electron chi connectivity index (χ3n) is 4.85. The van der Waals surface area contributed by atoms with E-state index in [1.54, 1.807) is 48.5 Å². The van der Waals surface area contributed by atoms with Gasteiger partial charge >= 0.3 is 11.8 Å². The molecule has 0 aliphatic carbocycles. The molecule has 2 N–H and O–H groups in total. The van der Waals surface area contributed by atoms with Crippen molar-refractivity contribution in [3.8, 4) is 11.5 Å². The Morgan fingerprint density at radius 3 is 2.41 bits per heavy atom. The van der Waals surface area contributed by atoms with Gasteiger partial charge in [-0.05, 0) is 53.9 Å². The van der Waals surface area contributed by atoms with E-state index in [4.69, 9.17) is 32.7 Å². The second-order valence-electron chi connectivity index (χ2n) is 7.06. The zero-order valence-corrected chi connectivity index (χ0v) is 20.1. The van der Waals surface area contributed by atoms with Crippen molar-refractivity contribution in [3.05, 3.63) is 87.4 Å². The predicted octanol–water partition coefficient (Wildman–Crippen LogP) is 5.23. The number of hydrazone groups is 1. The number of nitrogens with zero attached hydrogens (tertiary/aromatic N) is 1. The first-order chi connectivity index (χ1) is 16.4. The van der Waals surface area contributed by atoms with Crippen LogP contribution in [0.5, 0.6) is 11.5 Å². The molecule has 0 aliphatic rings. The molecule has 0 fully saturated rings. The normalized spacial score (nSPS) is 10.7. The van der Waals surface area contributed by atoms with Gasteiger partial charge in [-0.1, -0.05) is 54.4 Å². The molecule has 0 unspecified atom stereocenters. The largest absolute Gasteiger partial charge is 0.493 e. The molecule has 0 atom stereocenters. The maximum atomic E-state index is 12.2. The van der Waals surface area contributed by atoms with Gasteiger partial charge in [-0.15, -0.1) is 0 Å². The topological polar surface area (TPSA) is 89.0 Å². The zero-order chi connectivity index (χ0) is 24.5. The number of carbonyl (C=O) groups is 2. The number of hydrogen-bond donors (Lipinski definition) is 2. The highest BCUT2D eigenvalue weighted by Gasteiger charge is 2.14. The molecule has 3 aromatic carbocycles. The first kappa shape index (κ1) is 25.1. The molecule has 3 rings (SSSR count). The summed E-state index contributed by atoms with van der Waals surface area (Å²) in [5, 5.41) is 7.46. The summed E-state index contributed by atoms with van der Waals surface area (Å²) < 4.78 is 11.2. The van der Waals surface area contributed by atoms with Crippen LogP contribution in [0.1, 0.15) is 23.6 Å². The molecule has 2 amide bonds. The highest BCUT2D eigenvalue weighted by Crippen LogP contribution is 2.31. The molecule has 7 nitrogen and oxygen atoms in total. The van der Waals surface area contributed by atoms with E-state index in [0.717, 1.165) is 12.0 Å². The molecule has 9 heteroatoms. The summed E-state index contributed by atoms with van der Waals surface area (Å²) in [7, 11) is 1.51. The number of methoxy groups -OCH3 is 1. The van der Waals surface area contributed by atoms with Crippen LogP contribution in [0.2, 0.25) is 10.0 Å². The van der Waals surface area contributed by atoms with Crippen LogP contribution >= 0.6 is 23.2 Å². The number of para-hydroxylation sites is 1. The van der Waals surface area contributed by atoms with Crippen molar-refractivity contribution in [2.24, 2.45) is 5.10 Å². The molecule has 0 heterocycles. The number of carbonyl (C=O) groups excluding carboxylic acids is 2. The molecule has 34 heavy (non-hydrogen) atoms. The summed E-state index contributed by atoms with van der Waals surface area (Å²) in [6.07, 6.45) is 2.12. The van der Waals surface area contributed by atoms with Crippen LogP contribution in [-0.4, -0.2) is 25.1 Å². The van der Waals surface area contributed by atoms with Gasteiger partial charge in [0.1, 0.15) is 6.61 Å². The molecule has 0 saturated heterocycles. The van der Waals surface area contributed by atoms with Crippen molar-refractivity contribution in [1.29, 1.82) is 0 Å². The highest BCUT2D eigenvalue weighted by molar-refractivity contribution is 6.39. The van der Waals surface area contributed by atoms with Crippen molar-refractivity contribution in [2.45, 2.75) is 20.0 Å². The van der Waals surface area contributed by atoms with E-state index in [9.17, 15) is 9.59 Å². The lowest BCUT2D eigenvalue weighted by molar-refractivity contribution is -0.136. The monoisotopic (exact) mass is 499 g/mol. The van der Waals surface area contributed by atoms with Gasteiger partial charge in [0.05, 0.1) is 13.3 Å². The molecule has 0 bridgehead atoms. The summed E-state index contributed by atoms with van der Waals surface area (Å²) in [4.78, 5) is 24.2. The van der Waals surface area contributed by atoms with Crippen LogP contribution in [-0.2, 0) is 22.6 Å². The maximum absolute atomic E-state index is 12.2. The third kappa shape index (κ3) is 6.50. The van der Waals surface area contributed by atoms with Gasteiger partial charge in [-0.25, -0.2) is 5.43 Å². The average Bonchev–Trinajstić information content (AvgIpc) is 2.84. The Labute approximate surface area is 207 Å². The van der Waals surface area contributed by atoms with Crippen LogP contribution in [0.15, 0.2) is 65.8 Å². The van der Waals surface area contributed by atoms with Crippen LogP contribution < -0.4 is 20.2 Å². The van der Waals surface area contributed by atoms with E-state index in [1.165, 1.54) is 13.3 Å². The van der Waals surface area contributed by atoms with E-state index in [0.29, 0.717) is 38.4 Å². The smallest absolute Gasteiger partial charge is 0.329 e. The molecule has 0 aromatic heterocycles. The van der Waals surface area contributed by atoms with Crippen LogP contribution in [0.25, 0.3) is 0 Å².